The summed E-state index contributed by atoms with van der Waals surface area (Å²) in [5.41, 5.74) is 1.87. The van der Waals surface area contributed by atoms with Crippen LogP contribution in [0.15, 0.2) is 77.7 Å². The van der Waals surface area contributed by atoms with E-state index in [0.29, 0.717) is 23.5 Å². The molecule has 0 aliphatic carbocycles. The summed E-state index contributed by atoms with van der Waals surface area (Å²) in [6, 6.07) is 20.2. The average Bonchev–Trinajstić information content (AvgIpc) is 2.82. The number of carbonyl (C=O) groups excluding carboxylic acids is 2. The molecule has 0 heterocycles. The average molecular weight is 516 g/mol. The molecule has 2 N–H and O–H groups in total. The third-order valence-electron chi connectivity index (χ3n) is 5.04. The molecule has 8 nitrogen and oxygen atoms in total. The number of benzene rings is 3. The quantitative estimate of drug-likeness (QED) is 0.421. The first kappa shape index (κ1) is 26.2. The van der Waals surface area contributed by atoms with Crippen molar-refractivity contribution in [3.63, 3.8) is 0 Å². The number of sulfonamides is 1. The molecule has 3 aromatic carbocycles. The van der Waals surface area contributed by atoms with E-state index in [1.807, 2.05) is 30.3 Å². The summed E-state index contributed by atoms with van der Waals surface area (Å²) in [7, 11) is -2.62. The van der Waals surface area contributed by atoms with Crippen LogP contribution < -0.4 is 15.4 Å². The normalized spacial score (nSPS) is 11.2. The number of nitrogens with one attached hydrogen (secondary N) is 2. The number of amides is 2. The first-order valence-electron chi connectivity index (χ1n) is 10.7. The topological polar surface area (TPSA) is 105 Å². The van der Waals surface area contributed by atoms with Gasteiger partial charge in [0.1, 0.15) is 5.75 Å². The fourth-order valence-electron chi connectivity index (χ4n) is 3.38. The fourth-order valence-corrected chi connectivity index (χ4v) is 5.12. The van der Waals surface area contributed by atoms with E-state index >= 15 is 0 Å². The first-order valence-corrected chi connectivity index (χ1v) is 12.6. The van der Waals surface area contributed by atoms with E-state index in [1.54, 1.807) is 24.3 Å². The van der Waals surface area contributed by atoms with Crippen LogP contribution in [0, 0.1) is 0 Å². The Morgan fingerprint density at radius 2 is 1.63 bits per heavy atom. The van der Waals surface area contributed by atoms with Gasteiger partial charge in [-0.15, -0.1) is 0 Å². The molecule has 10 heteroatoms. The lowest BCUT2D eigenvalue weighted by molar-refractivity contribution is -0.116. The zero-order chi connectivity index (χ0) is 25.4. The number of carbonyl (C=O) groups is 2. The standard InChI is InChI=1S/C25H26ClN3O5S/c1-18(30)27-20-9-6-10-21(15-20)28-25(31)17-29(14-13-19-7-4-3-5-8-19)35(32,33)22-11-12-24(34-2)23(26)16-22/h3-12,15-16H,13-14,17H2,1-2H3,(H,27,30)(H,28,31). The maximum atomic E-state index is 13.5. The highest BCUT2D eigenvalue weighted by Crippen LogP contribution is 2.28. The van der Waals surface area contributed by atoms with Crippen molar-refractivity contribution in [3.05, 3.63) is 83.4 Å². The molecule has 0 aliphatic rings. The van der Waals surface area contributed by atoms with Crippen molar-refractivity contribution in [3.8, 4) is 5.75 Å². The summed E-state index contributed by atoms with van der Waals surface area (Å²) in [5.74, 6) is -0.427. The maximum absolute atomic E-state index is 13.5. The molecular formula is C25H26ClN3O5S. The highest BCUT2D eigenvalue weighted by Gasteiger charge is 2.27. The molecule has 3 aromatic rings. The van der Waals surface area contributed by atoms with Crippen LogP contribution in [-0.4, -0.2) is 44.7 Å². The highest BCUT2D eigenvalue weighted by molar-refractivity contribution is 7.89. The van der Waals surface area contributed by atoms with Gasteiger partial charge in [-0.2, -0.15) is 4.31 Å². The molecule has 0 aliphatic heterocycles. The summed E-state index contributed by atoms with van der Waals surface area (Å²) >= 11 is 6.16. The molecule has 0 radical (unpaired) electrons. The molecule has 0 atom stereocenters. The van der Waals surface area contributed by atoms with Crippen LogP contribution in [0.25, 0.3) is 0 Å². The van der Waals surface area contributed by atoms with Gasteiger partial charge in [0.2, 0.25) is 21.8 Å². The molecule has 0 aromatic heterocycles. The Hall–Kier alpha value is -3.40. The third-order valence-corrected chi connectivity index (χ3v) is 7.18. The number of anilines is 2. The Morgan fingerprint density at radius 3 is 2.26 bits per heavy atom. The van der Waals surface area contributed by atoms with Crippen molar-refractivity contribution in [2.45, 2.75) is 18.2 Å². The van der Waals surface area contributed by atoms with Crippen LogP contribution in [0.2, 0.25) is 5.02 Å². The zero-order valence-electron chi connectivity index (χ0n) is 19.3. The maximum Gasteiger partial charge on any atom is 0.243 e. The number of methoxy groups -OCH3 is 1. The number of ether oxygens (including phenoxy) is 1. The van der Waals surface area contributed by atoms with E-state index in [2.05, 4.69) is 10.6 Å². The van der Waals surface area contributed by atoms with Gasteiger partial charge in [0.05, 0.1) is 23.6 Å². The van der Waals surface area contributed by atoms with Crippen LogP contribution in [0.3, 0.4) is 0 Å². The Kier molecular flexibility index (Phi) is 8.86. The van der Waals surface area contributed by atoms with Gasteiger partial charge in [0.25, 0.3) is 0 Å². The largest absolute Gasteiger partial charge is 0.495 e. The van der Waals surface area contributed by atoms with Gasteiger partial charge in [-0.25, -0.2) is 8.42 Å². The number of rotatable bonds is 10. The van der Waals surface area contributed by atoms with Crippen molar-refractivity contribution in [2.75, 3.05) is 30.8 Å². The van der Waals surface area contributed by atoms with Crippen LogP contribution in [0.4, 0.5) is 11.4 Å². The Morgan fingerprint density at radius 1 is 0.943 bits per heavy atom. The molecule has 35 heavy (non-hydrogen) atoms. The molecule has 184 valence electrons. The molecule has 3 rings (SSSR count). The smallest absolute Gasteiger partial charge is 0.243 e. The van der Waals surface area contributed by atoms with Gasteiger partial charge >= 0.3 is 0 Å². The predicted octanol–water partition coefficient (Wildman–Crippen LogP) is 4.18. The predicted molar refractivity (Wildman–Crippen MR) is 136 cm³/mol. The number of nitrogens with zero attached hydrogens (tertiary/aromatic N) is 1. The summed E-state index contributed by atoms with van der Waals surface area (Å²) in [5, 5.41) is 5.48. The second-order valence-corrected chi connectivity index (χ2v) is 10.0. The zero-order valence-corrected chi connectivity index (χ0v) is 20.9. The molecule has 0 bridgehead atoms. The van der Waals surface area contributed by atoms with Gasteiger partial charge in [-0.3, -0.25) is 9.59 Å². The van der Waals surface area contributed by atoms with Crippen molar-refractivity contribution in [2.24, 2.45) is 0 Å². The minimum atomic E-state index is -4.05. The van der Waals surface area contributed by atoms with Gasteiger partial charge in [-0.1, -0.05) is 48.0 Å². The lowest BCUT2D eigenvalue weighted by Gasteiger charge is -2.22. The number of hydrogen-bond donors (Lipinski definition) is 2. The van der Waals surface area contributed by atoms with Crippen molar-refractivity contribution >= 4 is 44.8 Å². The van der Waals surface area contributed by atoms with E-state index in [9.17, 15) is 18.0 Å². The lowest BCUT2D eigenvalue weighted by atomic mass is 10.1. The summed E-state index contributed by atoms with van der Waals surface area (Å²) < 4.78 is 33.2. The van der Waals surface area contributed by atoms with Crippen molar-refractivity contribution < 1.29 is 22.7 Å². The van der Waals surface area contributed by atoms with Crippen LogP contribution >= 0.6 is 11.6 Å². The Bertz CT molecular complexity index is 1300. The summed E-state index contributed by atoms with van der Waals surface area (Å²) in [4.78, 5) is 24.1. The summed E-state index contributed by atoms with van der Waals surface area (Å²) in [6.45, 7) is 1.05. The van der Waals surface area contributed by atoms with Gasteiger partial charge in [0.15, 0.2) is 0 Å². The SMILES string of the molecule is COc1ccc(S(=O)(=O)N(CCc2ccccc2)CC(=O)Nc2cccc(NC(C)=O)c2)cc1Cl. The van der Waals surface area contributed by atoms with Crippen molar-refractivity contribution in [1.29, 1.82) is 0 Å². The second kappa shape index (κ2) is 11.8. The summed E-state index contributed by atoms with van der Waals surface area (Å²) in [6.07, 6.45) is 0.412. The number of halogens is 1. The van der Waals surface area contributed by atoms with E-state index in [0.717, 1.165) is 9.87 Å². The van der Waals surface area contributed by atoms with E-state index in [1.165, 1.54) is 32.2 Å². The highest BCUT2D eigenvalue weighted by atomic mass is 35.5. The fraction of sp³-hybridized carbons (Fsp3) is 0.200. The monoisotopic (exact) mass is 515 g/mol. The molecular weight excluding hydrogens is 490 g/mol. The van der Waals surface area contributed by atoms with Crippen LogP contribution in [0.1, 0.15) is 12.5 Å². The molecule has 2 amide bonds. The first-order chi connectivity index (χ1) is 16.7. The van der Waals surface area contributed by atoms with E-state index < -0.39 is 22.5 Å². The van der Waals surface area contributed by atoms with E-state index in [4.69, 9.17) is 16.3 Å². The molecule has 0 spiro atoms. The lowest BCUT2D eigenvalue weighted by Crippen LogP contribution is -2.39. The number of hydrogen-bond acceptors (Lipinski definition) is 5. The molecule has 0 saturated carbocycles. The van der Waals surface area contributed by atoms with E-state index in [-0.39, 0.29) is 22.4 Å². The van der Waals surface area contributed by atoms with Crippen LogP contribution in [-0.2, 0) is 26.0 Å². The molecule has 0 unspecified atom stereocenters. The van der Waals surface area contributed by atoms with Gasteiger partial charge in [-0.05, 0) is 48.4 Å². The Balaban J connectivity index is 1.83. The van der Waals surface area contributed by atoms with Gasteiger partial charge < -0.3 is 15.4 Å². The molecule has 0 saturated heterocycles. The minimum absolute atomic E-state index is 0.0446. The van der Waals surface area contributed by atoms with Gasteiger partial charge in [0, 0.05) is 24.8 Å². The van der Waals surface area contributed by atoms with Crippen molar-refractivity contribution in [1.82, 2.24) is 4.31 Å². The minimum Gasteiger partial charge on any atom is -0.495 e. The molecule has 0 fully saturated rings. The van der Waals surface area contributed by atoms with Crippen LogP contribution in [0.5, 0.6) is 5.75 Å². The second-order valence-electron chi connectivity index (χ2n) is 7.68. The third kappa shape index (κ3) is 7.29. The Labute approximate surface area is 209 Å².